The standard InChI is InChI=1S/C14H24N2O2S.ClH/c1-4-12-8-7-9-13(10-12)19(17,18)16-14(5-2,6-3)11-15;/h7-10,16H,4-6,11,15H2,1-3H3;1H. The second-order valence-corrected chi connectivity index (χ2v) is 6.48. The maximum atomic E-state index is 12.4. The van der Waals surface area contributed by atoms with Crippen molar-refractivity contribution >= 4 is 22.4 Å². The van der Waals surface area contributed by atoms with Gasteiger partial charge in [-0.3, -0.25) is 0 Å². The monoisotopic (exact) mass is 320 g/mol. The molecular weight excluding hydrogens is 296 g/mol. The minimum absolute atomic E-state index is 0. The van der Waals surface area contributed by atoms with Gasteiger partial charge in [0, 0.05) is 12.1 Å². The van der Waals surface area contributed by atoms with Crippen molar-refractivity contribution in [1.29, 1.82) is 0 Å². The van der Waals surface area contributed by atoms with Gasteiger partial charge in [-0.2, -0.15) is 0 Å². The Balaban J connectivity index is 0.00000361. The van der Waals surface area contributed by atoms with Crippen molar-refractivity contribution < 1.29 is 8.42 Å². The van der Waals surface area contributed by atoms with Gasteiger partial charge in [0.2, 0.25) is 10.0 Å². The average Bonchev–Trinajstić information content (AvgIpc) is 2.45. The molecule has 0 saturated carbocycles. The van der Waals surface area contributed by atoms with Crippen LogP contribution in [0.25, 0.3) is 0 Å². The Labute approximate surface area is 128 Å². The summed E-state index contributed by atoms with van der Waals surface area (Å²) >= 11 is 0. The van der Waals surface area contributed by atoms with Gasteiger partial charge >= 0.3 is 0 Å². The lowest BCUT2D eigenvalue weighted by Crippen LogP contribution is -2.52. The largest absolute Gasteiger partial charge is 0.329 e. The molecule has 1 aromatic rings. The second kappa shape index (κ2) is 7.98. The van der Waals surface area contributed by atoms with E-state index in [0.717, 1.165) is 12.0 Å². The fourth-order valence-electron chi connectivity index (χ4n) is 2.00. The molecule has 0 bridgehead atoms. The van der Waals surface area contributed by atoms with E-state index < -0.39 is 15.6 Å². The summed E-state index contributed by atoms with van der Waals surface area (Å²) in [4.78, 5) is 0.312. The van der Waals surface area contributed by atoms with Crippen LogP contribution in [0.15, 0.2) is 29.2 Å². The molecule has 0 heterocycles. The molecule has 0 aliphatic heterocycles. The van der Waals surface area contributed by atoms with Crippen LogP contribution in [0.2, 0.25) is 0 Å². The summed E-state index contributed by atoms with van der Waals surface area (Å²) in [7, 11) is -3.52. The highest BCUT2D eigenvalue weighted by Gasteiger charge is 2.30. The molecule has 0 amide bonds. The fraction of sp³-hybridized carbons (Fsp3) is 0.571. The van der Waals surface area contributed by atoms with E-state index in [4.69, 9.17) is 5.73 Å². The van der Waals surface area contributed by atoms with E-state index in [1.165, 1.54) is 0 Å². The molecule has 0 atom stereocenters. The van der Waals surface area contributed by atoms with Crippen molar-refractivity contribution in [2.75, 3.05) is 6.54 Å². The number of benzene rings is 1. The molecule has 0 aliphatic carbocycles. The van der Waals surface area contributed by atoms with Crippen molar-refractivity contribution in [3.05, 3.63) is 29.8 Å². The lowest BCUT2D eigenvalue weighted by atomic mass is 9.95. The third kappa shape index (κ3) is 4.45. The highest BCUT2D eigenvalue weighted by atomic mass is 35.5. The van der Waals surface area contributed by atoms with Crippen LogP contribution in [-0.2, 0) is 16.4 Å². The van der Waals surface area contributed by atoms with Crippen LogP contribution >= 0.6 is 12.4 Å². The van der Waals surface area contributed by atoms with E-state index in [0.29, 0.717) is 24.3 Å². The smallest absolute Gasteiger partial charge is 0.241 e. The van der Waals surface area contributed by atoms with E-state index in [2.05, 4.69) is 4.72 Å². The van der Waals surface area contributed by atoms with Gasteiger partial charge in [0.15, 0.2) is 0 Å². The number of sulfonamides is 1. The Hall–Kier alpha value is -0.620. The predicted octanol–water partition coefficient (Wildman–Crippen LogP) is 2.47. The molecule has 20 heavy (non-hydrogen) atoms. The van der Waals surface area contributed by atoms with Crippen molar-refractivity contribution in [3.8, 4) is 0 Å². The molecule has 1 rings (SSSR count). The third-order valence-corrected chi connectivity index (χ3v) is 5.29. The third-order valence-electron chi connectivity index (χ3n) is 3.71. The van der Waals surface area contributed by atoms with Gasteiger partial charge in [-0.25, -0.2) is 13.1 Å². The Morgan fingerprint density at radius 2 is 1.80 bits per heavy atom. The van der Waals surface area contributed by atoms with Crippen LogP contribution in [-0.4, -0.2) is 20.5 Å². The molecule has 0 radical (unpaired) electrons. The molecule has 3 N–H and O–H groups in total. The maximum absolute atomic E-state index is 12.4. The van der Waals surface area contributed by atoms with Crippen LogP contribution in [0.5, 0.6) is 0 Å². The first-order valence-corrected chi connectivity index (χ1v) is 8.24. The Kier molecular flexibility index (Phi) is 7.73. The van der Waals surface area contributed by atoms with E-state index in [-0.39, 0.29) is 12.4 Å². The summed E-state index contributed by atoms with van der Waals surface area (Å²) < 4.78 is 27.6. The van der Waals surface area contributed by atoms with Gasteiger partial charge in [0.1, 0.15) is 0 Å². The first-order valence-electron chi connectivity index (χ1n) is 6.76. The number of hydrogen-bond donors (Lipinski definition) is 2. The minimum atomic E-state index is -3.52. The maximum Gasteiger partial charge on any atom is 0.241 e. The summed E-state index contributed by atoms with van der Waals surface area (Å²) in [6.07, 6.45) is 2.16. The molecule has 0 aromatic heterocycles. The summed E-state index contributed by atoms with van der Waals surface area (Å²) in [5.41, 5.74) is 6.20. The normalized spacial score (nSPS) is 12.0. The molecule has 6 heteroatoms. The number of rotatable bonds is 7. The van der Waals surface area contributed by atoms with Gasteiger partial charge < -0.3 is 5.73 Å². The van der Waals surface area contributed by atoms with Crippen molar-refractivity contribution in [2.45, 2.75) is 50.5 Å². The van der Waals surface area contributed by atoms with Gasteiger partial charge in [-0.15, -0.1) is 12.4 Å². The van der Waals surface area contributed by atoms with Crippen molar-refractivity contribution in [2.24, 2.45) is 5.73 Å². The predicted molar refractivity (Wildman–Crippen MR) is 85.8 cm³/mol. The summed E-state index contributed by atoms with van der Waals surface area (Å²) in [5.74, 6) is 0. The first-order chi connectivity index (χ1) is 8.93. The first kappa shape index (κ1) is 19.4. The SMILES string of the molecule is CCc1cccc(S(=O)(=O)NC(CC)(CC)CN)c1.Cl. The fourth-order valence-corrected chi connectivity index (χ4v) is 3.63. The number of hydrogen-bond acceptors (Lipinski definition) is 3. The van der Waals surface area contributed by atoms with Crippen LogP contribution < -0.4 is 10.5 Å². The lowest BCUT2D eigenvalue weighted by Gasteiger charge is -2.31. The minimum Gasteiger partial charge on any atom is -0.329 e. The molecule has 0 unspecified atom stereocenters. The highest BCUT2D eigenvalue weighted by Crippen LogP contribution is 2.19. The quantitative estimate of drug-likeness (QED) is 0.810. The Morgan fingerprint density at radius 3 is 2.25 bits per heavy atom. The molecule has 116 valence electrons. The number of nitrogens with two attached hydrogens (primary N) is 1. The summed E-state index contributed by atoms with van der Waals surface area (Å²) in [6, 6.07) is 7.03. The van der Waals surface area contributed by atoms with E-state index in [9.17, 15) is 8.42 Å². The molecule has 0 fully saturated rings. The zero-order valence-corrected chi connectivity index (χ0v) is 14.0. The van der Waals surface area contributed by atoms with Crippen LogP contribution in [0.1, 0.15) is 39.2 Å². The van der Waals surface area contributed by atoms with Crippen LogP contribution in [0.3, 0.4) is 0 Å². The molecule has 4 nitrogen and oxygen atoms in total. The van der Waals surface area contributed by atoms with E-state index in [1.807, 2.05) is 26.8 Å². The summed E-state index contributed by atoms with van der Waals surface area (Å²) in [5, 5.41) is 0. The van der Waals surface area contributed by atoms with Crippen LogP contribution in [0, 0.1) is 0 Å². The Morgan fingerprint density at radius 1 is 1.20 bits per heavy atom. The van der Waals surface area contributed by atoms with E-state index in [1.54, 1.807) is 18.2 Å². The average molecular weight is 321 g/mol. The zero-order valence-electron chi connectivity index (χ0n) is 12.3. The molecular formula is C14H25ClN2O2S. The molecule has 0 aliphatic rings. The summed E-state index contributed by atoms with van der Waals surface area (Å²) in [6.45, 7) is 6.19. The number of nitrogens with one attached hydrogen (secondary N) is 1. The van der Waals surface area contributed by atoms with Crippen LogP contribution in [0.4, 0.5) is 0 Å². The number of halogens is 1. The zero-order chi connectivity index (χ0) is 14.5. The van der Waals surface area contributed by atoms with Gasteiger partial charge in [0.05, 0.1) is 4.90 Å². The van der Waals surface area contributed by atoms with E-state index >= 15 is 0 Å². The lowest BCUT2D eigenvalue weighted by molar-refractivity contribution is 0.363. The van der Waals surface area contributed by atoms with Gasteiger partial charge in [-0.1, -0.05) is 32.9 Å². The Bertz CT molecular complexity index is 505. The molecule has 0 spiro atoms. The highest BCUT2D eigenvalue weighted by molar-refractivity contribution is 7.89. The second-order valence-electron chi connectivity index (χ2n) is 4.80. The van der Waals surface area contributed by atoms with Gasteiger partial charge in [-0.05, 0) is 37.0 Å². The van der Waals surface area contributed by atoms with Gasteiger partial charge in [0.25, 0.3) is 0 Å². The van der Waals surface area contributed by atoms with Crippen molar-refractivity contribution in [3.63, 3.8) is 0 Å². The van der Waals surface area contributed by atoms with Crippen molar-refractivity contribution in [1.82, 2.24) is 4.72 Å². The molecule has 0 saturated heterocycles. The topological polar surface area (TPSA) is 72.2 Å². The number of aryl methyl sites for hydroxylation is 1. The molecule has 1 aromatic carbocycles.